The number of unbranched alkanes of at least 4 members (excludes halogenated alkanes) is 3. The largest absolute Gasteiger partial charge is 0.320 e. The fourth-order valence-electron chi connectivity index (χ4n) is 1.69. The van der Waals surface area contributed by atoms with Crippen molar-refractivity contribution in [2.75, 3.05) is 10.7 Å². The molecule has 1 aromatic heterocycles. The van der Waals surface area contributed by atoms with E-state index in [1.165, 1.54) is 12.4 Å². The van der Waals surface area contributed by atoms with E-state index in [4.69, 9.17) is 0 Å². The molecular formula is C15H23N5O2. The average molecular weight is 305 g/mol. The van der Waals surface area contributed by atoms with Gasteiger partial charge in [-0.3, -0.25) is 14.6 Å². The smallest absolute Gasteiger partial charge is 0.276 e. The molecule has 0 aromatic carbocycles. The third kappa shape index (κ3) is 6.83. The molecule has 0 aliphatic rings. The highest BCUT2D eigenvalue weighted by Crippen LogP contribution is 2.05. The van der Waals surface area contributed by atoms with Crippen LogP contribution >= 0.6 is 0 Å². The lowest BCUT2D eigenvalue weighted by molar-refractivity contribution is -0.116. The van der Waals surface area contributed by atoms with Crippen LogP contribution in [0.1, 0.15) is 46.0 Å². The number of H-pyrrole nitrogens is 1. The van der Waals surface area contributed by atoms with Crippen molar-refractivity contribution in [3.05, 3.63) is 28.7 Å². The molecule has 1 amide bonds. The van der Waals surface area contributed by atoms with Crippen molar-refractivity contribution < 1.29 is 4.79 Å². The Hall–Kier alpha value is -2.44. The van der Waals surface area contributed by atoms with Crippen LogP contribution in [0.25, 0.3) is 0 Å². The number of hydrazone groups is 1. The minimum Gasteiger partial charge on any atom is -0.320 e. The quantitative estimate of drug-likeness (QED) is 0.371. The van der Waals surface area contributed by atoms with E-state index in [0.717, 1.165) is 25.7 Å². The van der Waals surface area contributed by atoms with E-state index in [9.17, 15) is 9.59 Å². The van der Waals surface area contributed by atoms with Crippen LogP contribution in [-0.4, -0.2) is 22.1 Å². The number of allylic oxidation sites excluding steroid dienone is 2. The SMILES string of the molecule is C/C=C\C=N/Nc1ncc(NC(=O)CCCCCC)c(=O)[nH]1. The number of nitrogens with one attached hydrogen (secondary N) is 3. The number of aromatic nitrogens is 2. The van der Waals surface area contributed by atoms with Gasteiger partial charge >= 0.3 is 0 Å². The van der Waals surface area contributed by atoms with Gasteiger partial charge in [0.15, 0.2) is 0 Å². The van der Waals surface area contributed by atoms with Crippen molar-refractivity contribution in [2.24, 2.45) is 5.10 Å². The molecule has 0 unspecified atom stereocenters. The fourth-order valence-corrected chi connectivity index (χ4v) is 1.69. The van der Waals surface area contributed by atoms with Crippen LogP contribution in [0.15, 0.2) is 28.2 Å². The Bertz CT molecular complexity index is 578. The molecule has 0 atom stereocenters. The Balaban J connectivity index is 2.51. The molecule has 0 fully saturated rings. The molecule has 7 nitrogen and oxygen atoms in total. The van der Waals surface area contributed by atoms with E-state index in [1.807, 2.05) is 13.0 Å². The summed E-state index contributed by atoms with van der Waals surface area (Å²) in [6.07, 6.45) is 10.9. The highest BCUT2D eigenvalue weighted by Gasteiger charge is 2.06. The number of hydrogen-bond acceptors (Lipinski definition) is 5. The maximum atomic E-state index is 11.8. The number of amides is 1. The summed E-state index contributed by atoms with van der Waals surface area (Å²) in [7, 11) is 0. The topological polar surface area (TPSA) is 99.2 Å². The lowest BCUT2D eigenvalue weighted by Gasteiger charge is -2.05. The van der Waals surface area contributed by atoms with Gasteiger partial charge in [0.2, 0.25) is 11.9 Å². The molecule has 22 heavy (non-hydrogen) atoms. The monoisotopic (exact) mass is 305 g/mol. The third-order valence-corrected chi connectivity index (χ3v) is 2.85. The van der Waals surface area contributed by atoms with Crippen molar-refractivity contribution in [1.29, 1.82) is 0 Å². The molecule has 0 saturated heterocycles. The van der Waals surface area contributed by atoms with Crippen LogP contribution in [0.4, 0.5) is 11.6 Å². The van der Waals surface area contributed by atoms with Crippen molar-refractivity contribution >= 4 is 23.8 Å². The molecule has 0 aliphatic carbocycles. The summed E-state index contributed by atoms with van der Waals surface area (Å²) < 4.78 is 0. The lowest BCUT2D eigenvalue weighted by Crippen LogP contribution is -2.20. The highest BCUT2D eigenvalue weighted by molar-refractivity contribution is 5.90. The molecule has 0 spiro atoms. The third-order valence-electron chi connectivity index (χ3n) is 2.85. The maximum Gasteiger partial charge on any atom is 0.276 e. The standard InChI is InChI=1S/C15H23N5O2/c1-3-5-7-8-9-13(21)18-12-11-16-15(19-14(12)22)20-17-10-6-4-2/h4,6,10-11H,3,5,7-9H2,1-2H3,(H,18,21)(H2,16,19,20,22)/b6-4-,17-10-. The van der Waals surface area contributed by atoms with Crippen LogP contribution in [-0.2, 0) is 4.79 Å². The number of aromatic amines is 1. The number of hydrogen-bond donors (Lipinski definition) is 3. The van der Waals surface area contributed by atoms with Crippen molar-refractivity contribution in [3.63, 3.8) is 0 Å². The van der Waals surface area contributed by atoms with Gasteiger partial charge in [-0.1, -0.05) is 32.3 Å². The Kier molecular flexibility index (Phi) is 8.25. The molecule has 1 aromatic rings. The summed E-state index contributed by atoms with van der Waals surface area (Å²) in [5.74, 6) is 0.0434. The van der Waals surface area contributed by atoms with Crippen LogP contribution in [0.5, 0.6) is 0 Å². The molecule has 3 N–H and O–H groups in total. The summed E-state index contributed by atoms with van der Waals surface area (Å²) >= 11 is 0. The Morgan fingerprint density at radius 3 is 2.91 bits per heavy atom. The molecule has 1 heterocycles. The van der Waals surface area contributed by atoms with Crippen molar-refractivity contribution in [2.45, 2.75) is 46.0 Å². The van der Waals surface area contributed by atoms with Crippen molar-refractivity contribution in [3.8, 4) is 0 Å². The van der Waals surface area contributed by atoms with Gasteiger partial charge in [0.05, 0.1) is 6.20 Å². The number of nitrogens with zero attached hydrogens (tertiary/aromatic N) is 2. The van der Waals surface area contributed by atoms with Gasteiger partial charge in [-0.05, 0) is 19.4 Å². The second-order valence-electron chi connectivity index (χ2n) is 4.75. The lowest BCUT2D eigenvalue weighted by atomic mass is 10.1. The maximum absolute atomic E-state index is 11.8. The van der Waals surface area contributed by atoms with Gasteiger partial charge in [-0.15, -0.1) is 0 Å². The molecule has 0 radical (unpaired) electrons. The molecular weight excluding hydrogens is 282 g/mol. The predicted molar refractivity (Wildman–Crippen MR) is 89.2 cm³/mol. The molecule has 0 saturated carbocycles. The number of carbonyl (C=O) groups excluding carboxylic acids is 1. The van der Waals surface area contributed by atoms with Gasteiger partial charge in [0, 0.05) is 12.6 Å². The first-order valence-electron chi connectivity index (χ1n) is 7.47. The second-order valence-corrected chi connectivity index (χ2v) is 4.75. The highest BCUT2D eigenvalue weighted by atomic mass is 16.2. The summed E-state index contributed by atoms with van der Waals surface area (Å²) in [6.45, 7) is 3.98. The summed E-state index contributed by atoms with van der Waals surface area (Å²) in [5.41, 5.74) is 2.31. The van der Waals surface area contributed by atoms with E-state index in [1.54, 1.807) is 6.08 Å². The first kappa shape index (κ1) is 17.6. The zero-order valence-electron chi connectivity index (χ0n) is 13.1. The Morgan fingerprint density at radius 1 is 1.41 bits per heavy atom. The Labute approximate surface area is 129 Å². The molecule has 1 rings (SSSR count). The summed E-state index contributed by atoms with van der Waals surface area (Å²) in [6, 6.07) is 0. The van der Waals surface area contributed by atoms with Gasteiger partial charge in [0.25, 0.3) is 5.56 Å². The normalized spacial score (nSPS) is 11.2. The summed E-state index contributed by atoms with van der Waals surface area (Å²) in [4.78, 5) is 30.0. The molecule has 7 heteroatoms. The van der Waals surface area contributed by atoms with Gasteiger partial charge in [0.1, 0.15) is 5.69 Å². The van der Waals surface area contributed by atoms with E-state index >= 15 is 0 Å². The Morgan fingerprint density at radius 2 is 2.23 bits per heavy atom. The number of anilines is 2. The zero-order valence-corrected chi connectivity index (χ0v) is 13.1. The van der Waals surface area contributed by atoms with Crippen LogP contribution in [0.2, 0.25) is 0 Å². The first-order valence-corrected chi connectivity index (χ1v) is 7.47. The molecule has 0 aliphatic heterocycles. The van der Waals surface area contributed by atoms with Crippen LogP contribution < -0.4 is 16.3 Å². The van der Waals surface area contributed by atoms with E-state index in [-0.39, 0.29) is 17.5 Å². The zero-order chi connectivity index (χ0) is 16.2. The van der Waals surface area contributed by atoms with Crippen LogP contribution in [0, 0.1) is 0 Å². The molecule has 0 bridgehead atoms. The first-order chi connectivity index (χ1) is 10.7. The van der Waals surface area contributed by atoms with Crippen molar-refractivity contribution in [1.82, 2.24) is 9.97 Å². The predicted octanol–water partition coefficient (Wildman–Crippen LogP) is 2.65. The number of rotatable bonds is 9. The minimum absolute atomic E-state index is 0.142. The summed E-state index contributed by atoms with van der Waals surface area (Å²) in [5, 5.41) is 6.41. The van der Waals surface area contributed by atoms with Crippen LogP contribution in [0.3, 0.4) is 0 Å². The fraction of sp³-hybridized carbons (Fsp3) is 0.467. The van der Waals surface area contributed by atoms with Gasteiger partial charge < -0.3 is 5.32 Å². The average Bonchev–Trinajstić information content (AvgIpc) is 2.51. The van der Waals surface area contributed by atoms with Gasteiger partial charge in [-0.25, -0.2) is 10.4 Å². The minimum atomic E-state index is -0.416. The van der Waals surface area contributed by atoms with Gasteiger partial charge in [-0.2, -0.15) is 5.10 Å². The van der Waals surface area contributed by atoms with E-state index in [2.05, 4.69) is 32.7 Å². The molecule has 120 valence electrons. The number of carbonyl (C=O) groups is 1. The second kappa shape index (κ2) is 10.3. The van der Waals surface area contributed by atoms with E-state index in [0.29, 0.717) is 6.42 Å². The van der Waals surface area contributed by atoms with E-state index < -0.39 is 5.56 Å².